The highest BCUT2D eigenvalue weighted by Crippen LogP contribution is 2.37. The highest BCUT2D eigenvalue weighted by Gasteiger charge is 2.38. The van der Waals surface area contributed by atoms with Crippen LogP contribution in [0.4, 0.5) is 0 Å². The van der Waals surface area contributed by atoms with Crippen LogP contribution in [0.3, 0.4) is 0 Å². The number of allylic oxidation sites excluding steroid dienone is 4. The first-order valence-corrected chi connectivity index (χ1v) is 9.75. The average Bonchev–Trinajstić information content (AvgIpc) is 2.25. The van der Waals surface area contributed by atoms with Crippen molar-refractivity contribution in [3.63, 3.8) is 0 Å². The molecule has 0 heterocycles. The third-order valence-electron chi connectivity index (χ3n) is 4.23. The van der Waals surface area contributed by atoms with E-state index in [2.05, 4.69) is 59.5 Å². The van der Waals surface area contributed by atoms with Gasteiger partial charge in [0, 0.05) is 0 Å². The maximum atomic E-state index is 6.13. The first-order chi connectivity index (χ1) is 8.13. The predicted molar refractivity (Wildman–Crippen MR) is 83.0 cm³/mol. The Morgan fingerprint density at radius 2 is 2.06 bits per heavy atom. The summed E-state index contributed by atoms with van der Waals surface area (Å²) >= 11 is 0. The Hall–Kier alpha value is -0.763. The van der Waals surface area contributed by atoms with Gasteiger partial charge in [0.2, 0.25) is 8.32 Å². The molecule has 0 spiro atoms. The molecule has 0 bridgehead atoms. The molecular formula is C16H28OSi. The number of rotatable bonds is 3. The molecule has 0 aromatic carbocycles. The molecule has 0 saturated heterocycles. The van der Waals surface area contributed by atoms with E-state index in [1.807, 2.05) is 6.26 Å². The minimum atomic E-state index is -1.66. The molecule has 0 aromatic rings. The Labute approximate surface area is 114 Å². The van der Waals surface area contributed by atoms with Crippen LogP contribution in [0.1, 0.15) is 40.5 Å². The molecule has 0 amide bonds. The fraction of sp³-hybridized carbons (Fsp3) is 0.625. The van der Waals surface area contributed by atoms with Crippen LogP contribution in [0.25, 0.3) is 0 Å². The molecule has 0 saturated carbocycles. The zero-order valence-electron chi connectivity index (χ0n) is 12.8. The second-order valence-corrected chi connectivity index (χ2v) is 11.7. The van der Waals surface area contributed by atoms with Crippen molar-refractivity contribution in [1.82, 2.24) is 0 Å². The molecule has 0 radical (unpaired) electrons. The van der Waals surface area contributed by atoms with Gasteiger partial charge in [0.25, 0.3) is 0 Å². The lowest BCUT2D eigenvalue weighted by Crippen LogP contribution is -2.39. The molecule has 0 aromatic heterocycles. The normalized spacial score (nSPS) is 23.2. The summed E-state index contributed by atoms with van der Waals surface area (Å²) in [6.07, 6.45) is 8.73. The van der Waals surface area contributed by atoms with E-state index in [9.17, 15) is 0 Å². The maximum absolute atomic E-state index is 6.13. The van der Waals surface area contributed by atoms with Crippen LogP contribution in [-0.2, 0) is 4.43 Å². The van der Waals surface area contributed by atoms with E-state index in [1.165, 1.54) is 17.6 Å². The van der Waals surface area contributed by atoms with Gasteiger partial charge in [-0.3, -0.25) is 0 Å². The first kappa shape index (κ1) is 15.3. The SMILES string of the molecule is C=C(C)C1C=C/C(=C\O[Si](C)(C)C(C)(C)C)CC1. The predicted octanol–water partition coefficient (Wildman–Crippen LogP) is 5.43. The molecule has 102 valence electrons. The van der Waals surface area contributed by atoms with E-state index in [0.717, 1.165) is 6.42 Å². The van der Waals surface area contributed by atoms with E-state index < -0.39 is 8.32 Å². The smallest absolute Gasteiger partial charge is 0.249 e. The van der Waals surface area contributed by atoms with Gasteiger partial charge in [0.1, 0.15) is 0 Å². The number of hydrogen-bond donors (Lipinski definition) is 0. The van der Waals surface area contributed by atoms with E-state index in [-0.39, 0.29) is 5.04 Å². The summed E-state index contributed by atoms with van der Waals surface area (Å²) in [4.78, 5) is 0. The van der Waals surface area contributed by atoms with Crippen molar-refractivity contribution in [3.05, 3.63) is 36.1 Å². The van der Waals surface area contributed by atoms with Crippen molar-refractivity contribution in [2.45, 2.75) is 58.7 Å². The Morgan fingerprint density at radius 3 is 2.44 bits per heavy atom. The fourth-order valence-corrected chi connectivity index (χ4v) is 2.45. The highest BCUT2D eigenvalue weighted by atomic mass is 28.4. The summed E-state index contributed by atoms with van der Waals surface area (Å²) in [5, 5.41) is 0.267. The van der Waals surface area contributed by atoms with Gasteiger partial charge in [-0.05, 0) is 49.4 Å². The van der Waals surface area contributed by atoms with Gasteiger partial charge in [-0.2, -0.15) is 0 Å². The molecular weight excluding hydrogens is 236 g/mol. The van der Waals surface area contributed by atoms with Crippen LogP contribution in [-0.4, -0.2) is 8.32 Å². The largest absolute Gasteiger partial charge is 0.549 e. The van der Waals surface area contributed by atoms with Crippen molar-refractivity contribution in [3.8, 4) is 0 Å². The third kappa shape index (κ3) is 3.87. The second-order valence-electron chi connectivity index (χ2n) is 6.92. The maximum Gasteiger partial charge on any atom is 0.249 e. The Balaban J connectivity index is 2.66. The van der Waals surface area contributed by atoms with E-state index >= 15 is 0 Å². The molecule has 1 aliphatic carbocycles. The monoisotopic (exact) mass is 264 g/mol. The van der Waals surface area contributed by atoms with Crippen LogP contribution in [0.2, 0.25) is 18.1 Å². The van der Waals surface area contributed by atoms with Gasteiger partial charge < -0.3 is 4.43 Å². The van der Waals surface area contributed by atoms with Crippen LogP contribution in [0.5, 0.6) is 0 Å². The number of hydrogen-bond acceptors (Lipinski definition) is 1. The van der Waals surface area contributed by atoms with Gasteiger partial charge in [0.15, 0.2) is 0 Å². The summed E-state index contributed by atoms with van der Waals surface area (Å²) < 4.78 is 6.13. The molecule has 1 unspecified atom stereocenters. The fourth-order valence-electron chi connectivity index (χ4n) is 1.65. The Bertz CT molecular complexity index is 369. The van der Waals surface area contributed by atoms with Gasteiger partial charge in [-0.25, -0.2) is 0 Å². The Morgan fingerprint density at radius 1 is 1.44 bits per heavy atom. The van der Waals surface area contributed by atoms with Gasteiger partial charge in [-0.15, -0.1) is 0 Å². The molecule has 0 aliphatic heterocycles. The van der Waals surface area contributed by atoms with Crippen LogP contribution >= 0.6 is 0 Å². The third-order valence-corrected chi connectivity index (χ3v) is 8.55. The van der Waals surface area contributed by atoms with E-state index in [0.29, 0.717) is 5.92 Å². The average molecular weight is 264 g/mol. The van der Waals surface area contributed by atoms with Crippen LogP contribution < -0.4 is 0 Å². The summed E-state index contributed by atoms with van der Waals surface area (Å²) in [5.74, 6) is 0.551. The topological polar surface area (TPSA) is 9.23 Å². The van der Waals surface area contributed by atoms with Crippen LogP contribution in [0, 0.1) is 5.92 Å². The second kappa shape index (κ2) is 5.48. The van der Waals surface area contributed by atoms with Crippen LogP contribution in [0.15, 0.2) is 36.1 Å². The summed E-state index contributed by atoms with van der Waals surface area (Å²) in [5.41, 5.74) is 2.58. The molecule has 1 aliphatic rings. The lowest BCUT2D eigenvalue weighted by Gasteiger charge is -2.35. The van der Waals surface area contributed by atoms with Crippen molar-refractivity contribution in [2.24, 2.45) is 5.92 Å². The quantitative estimate of drug-likeness (QED) is 0.375. The molecule has 1 rings (SSSR count). The zero-order valence-corrected chi connectivity index (χ0v) is 13.8. The molecule has 0 N–H and O–H groups in total. The van der Waals surface area contributed by atoms with E-state index in [1.54, 1.807) is 0 Å². The molecule has 1 atom stereocenters. The summed E-state index contributed by atoms with van der Waals surface area (Å²) in [6.45, 7) is 17.5. The van der Waals surface area contributed by atoms with Gasteiger partial charge in [-0.1, -0.05) is 45.1 Å². The zero-order chi connectivity index (χ0) is 14.0. The first-order valence-electron chi connectivity index (χ1n) is 6.84. The van der Waals surface area contributed by atoms with Gasteiger partial charge in [0.05, 0.1) is 6.26 Å². The van der Waals surface area contributed by atoms with Crippen molar-refractivity contribution < 1.29 is 4.43 Å². The summed E-state index contributed by atoms with van der Waals surface area (Å²) in [6, 6.07) is 0. The van der Waals surface area contributed by atoms with Crippen molar-refractivity contribution in [1.29, 1.82) is 0 Å². The van der Waals surface area contributed by atoms with Crippen molar-refractivity contribution >= 4 is 8.32 Å². The molecule has 1 nitrogen and oxygen atoms in total. The summed E-state index contributed by atoms with van der Waals surface area (Å²) in [7, 11) is -1.66. The lowest BCUT2D eigenvalue weighted by atomic mass is 9.89. The minimum Gasteiger partial charge on any atom is -0.549 e. The standard InChI is InChI=1S/C16H28OSi/c1-13(2)15-10-8-14(9-11-15)12-17-18(6,7)16(3,4)5/h8,10,12,15H,1,9,11H2,2-7H3/b14-12+. The van der Waals surface area contributed by atoms with Crippen molar-refractivity contribution in [2.75, 3.05) is 0 Å². The van der Waals surface area contributed by atoms with Gasteiger partial charge >= 0.3 is 0 Å². The molecule has 0 fully saturated rings. The Kier molecular flexibility index (Phi) is 4.65. The lowest BCUT2D eigenvalue weighted by molar-refractivity contribution is 0.423. The highest BCUT2D eigenvalue weighted by molar-refractivity contribution is 6.74. The minimum absolute atomic E-state index is 0.267. The molecule has 2 heteroatoms. The van der Waals surface area contributed by atoms with E-state index in [4.69, 9.17) is 4.43 Å². The molecule has 18 heavy (non-hydrogen) atoms.